The number of nitrogens with zero attached hydrogens (tertiary/aromatic N) is 4. The van der Waals surface area contributed by atoms with Crippen LogP contribution in [0.5, 0.6) is 0 Å². The Morgan fingerprint density at radius 3 is 2.77 bits per heavy atom. The zero-order valence-corrected chi connectivity index (χ0v) is 19.2. The van der Waals surface area contributed by atoms with Crippen LogP contribution in [-0.2, 0) is 26.1 Å². The second kappa shape index (κ2) is 10.3. The number of nitrogens with one attached hydrogen (secondary N) is 1. The van der Waals surface area contributed by atoms with Crippen LogP contribution in [0.15, 0.2) is 46.9 Å². The van der Waals surface area contributed by atoms with Gasteiger partial charge in [-0.15, -0.1) is 0 Å². The highest BCUT2D eigenvalue weighted by Gasteiger charge is 2.37. The lowest BCUT2D eigenvalue weighted by atomic mass is 9.94. The predicted octanol–water partition coefficient (Wildman–Crippen LogP) is 1.39. The van der Waals surface area contributed by atoms with Gasteiger partial charge in [-0.3, -0.25) is 14.7 Å². The highest BCUT2D eigenvalue weighted by atomic mass is 19.2. The number of carboxylic acids is 1. The van der Waals surface area contributed by atoms with Crippen LogP contribution in [0.1, 0.15) is 24.4 Å². The van der Waals surface area contributed by atoms with Gasteiger partial charge >= 0.3 is 11.9 Å². The van der Waals surface area contributed by atoms with Crippen LogP contribution >= 0.6 is 0 Å². The molecular formula is C23H25F2N5O5. The third-order valence-corrected chi connectivity index (χ3v) is 5.80. The number of carbonyl (C=O) groups is 2. The Kier molecular flexibility index (Phi) is 7.22. The monoisotopic (exact) mass is 489 g/mol. The number of benzene rings is 1. The van der Waals surface area contributed by atoms with Crippen molar-refractivity contribution in [2.24, 2.45) is 12.0 Å². The molecule has 1 aromatic heterocycles. The second-order valence-electron chi connectivity index (χ2n) is 8.05. The summed E-state index contributed by atoms with van der Waals surface area (Å²) in [5.41, 5.74) is 0.639. The van der Waals surface area contributed by atoms with E-state index in [9.17, 15) is 23.5 Å². The molecule has 2 aliphatic heterocycles. The van der Waals surface area contributed by atoms with Crippen LogP contribution < -0.4 is 5.32 Å². The molecule has 2 aromatic rings. The van der Waals surface area contributed by atoms with Gasteiger partial charge in [0.05, 0.1) is 25.4 Å². The molecular weight excluding hydrogens is 464 g/mol. The van der Waals surface area contributed by atoms with Crippen molar-refractivity contribution in [3.8, 4) is 0 Å². The van der Waals surface area contributed by atoms with Gasteiger partial charge in [0, 0.05) is 38.2 Å². The van der Waals surface area contributed by atoms with Crippen molar-refractivity contribution in [1.82, 2.24) is 19.8 Å². The summed E-state index contributed by atoms with van der Waals surface area (Å²) >= 11 is 0. The maximum atomic E-state index is 14.2. The van der Waals surface area contributed by atoms with Gasteiger partial charge in [-0.25, -0.2) is 18.6 Å². The number of morpholine rings is 1. The number of aliphatic carboxylic acids is 1. The van der Waals surface area contributed by atoms with Crippen molar-refractivity contribution >= 4 is 17.8 Å². The Labute approximate surface area is 199 Å². The summed E-state index contributed by atoms with van der Waals surface area (Å²) in [6.07, 6.45) is 3.28. The molecule has 3 heterocycles. The molecule has 2 atom stereocenters. The molecule has 1 saturated heterocycles. The number of ether oxygens (including phenoxy) is 2. The van der Waals surface area contributed by atoms with E-state index >= 15 is 0 Å². The van der Waals surface area contributed by atoms with Gasteiger partial charge in [0.25, 0.3) is 0 Å². The van der Waals surface area contributed by atoms with E-state index in [1.54, 1.807) is 35.8 Å². The number of carboxylic acid groups (broad SMARTS) is 1. The van der Waals surface area contributed by atoms with Crippen LogP contribution in [0.3, 0.4) is 0 Å². The molecule has 186 valence electrons. The van der Waals surface area contributed by atoms with Crippen molar-refractivity contribution in [1.29, 1.82) is 0 Å². The summed E-state index contributed by atoms with van der Waals surface area (Å²) in [5, 5.41) is 12.8. The van der Waals surface area contributed by atoms with E-state index in [4.69, 9.17) is 9.47 Å². The predicted molar refractivity (Wildman–Crippen MR) is 119 cm³/mol. The van der Waals surface area contributed by atoms with Gasteiger partial charge < -0.3 is 24.5 Å². The molecule has 2 N–H and O–H groups in total. The minimum absolute atomic E-state index is 0.00966. The van der Waals surface area contributed by atoms with E-state index in [1.165, 1.54) is 6.07 Å². The molecule has 1 aromatic carbocycles. The Morgan fingerprint density at radius 2 is 2.11 bits per heavy atom. The fourth-order valence-corrected chi connectivity index (χ4v) is 4.06. The molecule has 0 aliphatic carbocycles. The van der Waals surface area contributed by atoms with Gasteiger partial charge in [-0.1, -0.05) is 6.07 Å². The SMILES string of the molecule is CCOC(=O)C1=C(CN2CCOCC2C(=O)O)NC(c2nccn2C)=NC1c1ccc(F)c(F)c1. The molecule has 12 heteroatoms. The lowest BCUT2D eigenvalue weighted by Crippen LogP contribution is -2.52. The normalized spacial score (nSPS) is 20.9. The third-order valence-electron chi connectivity index (χ3n) is 5.80. The van der Waals surface area contributed by atoms with Crippen molar-refractivity contribution in [2.75, 3.05) is 32.9 Å². The summed E-state index contributed by atoms with van der Waals surface area (Å²) in [6.45, 7) is 2.36. The van der Waals surface area contributed by atoms with Gasteiger partial charge in [0.15, 0.2) is 23.3 Å². The molecule has 0 saturated carbocycles. The first-order chi connectivity index (χ1) is 16.8. The Morgan fingerprint density at radius 1 is 1.31 bits per heavy atom. The molecule has 2 aliphatic rings. The first-order valence-electron chi connectivity index (χ1n) is 11.0. The maximum Gasteiger partial charge on any atom is 0.338 e. The van der Waals surface area contributed by atoms with Gasteiger partial charge in [0.2, 0.25) is 0 Å². The van der Waals surface area contributed by atoms with Gasteiger partial charge in [-0.05, 0) is 24.6 Å². The van der Waals surface area contributed by atoms with E-state index in [1.807, 2.05) is 0 Å². The quantitative estimate of drug-likeness (QED) is 0.561. The van der Waals surface area contributed by atoms with E-state index < -0.39 is 35.7 Å². The lowest BCUT2D eigenvalue weighted by molar-refractivity contribution is -0.149. The van der Waals surface area contributed by atoms with Crippen LogP contribution in [-0.4, -0.2) is 76.3 Å². The summed E-state index contributed by atoms with van der Waals surface area (Å²) in [7, 11) is 1.76. The van der Waals surface area contributed by atoms with E-state index in [-0.39, 0.29) is 36.7 Å². The molecule has 0 radical (unpaired) electrons. The number of aryl methyl sites for hydroxylation is 1. The first-order valence-corrected chi connectivity index (χ1v) is 11.0. The standard InChI is InChI=1S/C23H25F2N5O5/c1-3-35-23(33)18-16(11-30-8-9-34-12-17(30)22(31)32)27-20(21-26-6-7-29(21)2)28-19(18)13-4-5-14(24)15(25)10-13/h4-7,10,17,19H,3,8-9,11-12H2,1-2H3,(H,27,28)(H,31,32). The zero-order valence-electron chi connectivity index (χ0n) is 19.2. The number of esters is 1. The molecule has 2 unspecified atom stereocenters. The summed E-state index contributed by atoms with van der Waals surface area (Å²) < 4.78 is 40.2. The van der Waals surface area contributed by atoms with Crippen molar-refractivity contribution in [3.05, 3.63) is 64.9 Å². The smallest absolute Gasteiger partial charge is 0.338 e. The van der Waals surface area contributed by atoms with Crippen LogP contribution in [0, 0.1) is 11.6 Å². The minimum atomic E-state index is -1.08. The molecule has 0 amide bonds. The Bertz CT molecular complexity index is 1190. The van der Waals surface area contributed by atoms with Crippen molar-refractivity contribution in [3.63, 3.8) is 0 Å². The molecule has 4 rings (SSSR count). The third kappa shape index (κ3) is 5.08. The van der Waals surface area contributed by atoms with Gasteiger partial charge in [-0.2, -0.15) is 0 Å². The zero-order chi connectivity index (χ0) is 25.1. The Balaban J connectivity index is 1.84. The topological polar surface area (TPSA) is 118 Å². The maximum absolute atomic E-state index is 14.2. The molecule has 0 spiro atoms. The highest BCUT2D eigenvalue weighted by Crippen LogP contribution is 2.33. The van der Waals surface area contributed by atoms with Crippen LogP contribution in [0.4, 0.5) is 8.78 Å². The van der Waals surface area contributed by atoms with Crippen molar-refractivity contribution < 1.29 is 33.0 Å². The number of imidazole rings is 1. The number of aromatic nitrogens is 2. The average Bonchev–Trinajstić information content (AvgIpc) is 3.26. The van der Waals surface area contributed by atoms with Crippen LogP contribution in [0.25, 0.3) is 0 Å². The highest BCUT2D eigenvalue weighted by molar-refractivity contribution is 6.01. The number of hydrogen-bond donors (Lipinski definition) is 2. The average molecular weight is 489 g/mol. The van der Waals surface area contributed by atoms with E-state index in [0.29, 0.717) is 24.7 Å². The second-order valence-corrected chi connectivity index (χ2v) is 8.05. The number of halogens is 2. The summed E-state index contributed by atoms with van der Waals surface area (Å²) in [6, 6.07) is 1.32. The molecule has 1 fully saturated rings. The molecule has 35 heavy (non-hydrogen) atoms. The number of amidine groups is 1. The number of rotatable bonds is 7. The van der Waals surface area contributed by atoms with E-state index in [0.717, 1.165) is 12.1 Å². The van der Waals surface area contributed by atoms with Gasteiger partial charge in [0.1, 0.15) is 12.1 Å². The van der Waals surface area contributed by atoms with E-state index in [2.05, 4.69) is 15.3 Å². The van der Waals surface area contributed by atoms with Crippen molar-refractivity contribution in [2.45, 2.75) is 19.0 Å². The number of carbonyl (C=O) groups excluding carboxylic acids is 1. The first kappa shape index (κ1) is 24.5. The lowest BCUT2D eigenvalue weighted by Gasteiger charge is -2.35. The number of hydrogen-bond acceptors (Lipinski definition) is 8. The molecule has 0 bridgehead atoms. The Hall–Kier alpha value is -3.64. The summed E-state index contributed by atoms with van der Waals surface area (Å²) in [5.74, 6) is -3.15. The minimum Gasteiger partial charge on any atom is -0.480 e. The summed E-state index contributed by atoms with van der Waals surface area (Å²) in [4.78, 5) is 35.5. The largest absolute Gasteiger partial charge is 0.480 e. The molecule has 10 nitrogen and oxygen atoms in total. The fourth-order valence-electron chi connectivity index (χ4n) is 4.06. The fraction of sp³-hybridized carbons (Fsp3) is 0.391. The van der Waals surface area contributed by atoms with Crippen LogP contribution in [0.2, 0.25) is 0 Å². The number of aliphatic imine (C=N–C) groups is 1.